The van der Waals surface area contributed by atoms with Gasteiger partial charge < -0.3 is 10.1 Å². The minimum atomic E-state index is -0.819. The van der Waals surface area contributed by atoms with Crippen molar-refractivity contribution >= 4 is 17.5 Å². The Morgan fingerprint density at radius 3 is 2.50 bits per heavy atom. The maximum atomic E-state index is 12.7. The van der Waals surface area contributed by atoms with Crippen LogP contribution >= 0.6 is 0 Å². The fraction of sp³-hybridized carbons (Fsp3) is 0.304. The summed E-state index contributed by atoms with van der Waals surface area (Å²) < 4.78 is 6.84. The van der Waals surface area contributed by atoms with Gasteiger partial charge in [0.1, 0.15) is 18.3 Å². The van der Waals surface area contributed by atoms with E-state index in [-0.39, 0.29) is 24.0 Å². The first kappa shape index (κ1) is 21.2. The van der Waals surface area contributed by atoms with Gasteiger partial charge in [0.2, 0.25) is 0 Å². The van der Waals surface area contributed by atoms with E-state index in [0.29, 0.717) is 16.9 Å². The number of fused-ring (bicyclic) bond motifs is 1. The smallest absolute Gasteiger partial charge is 0.329 e. The van der Waals surface area contributed by atoms with E-state index in [1.54, 1.807) is 24.4 Å². The highest BCUT2D eigenvalue weighted by Crippen LogP contribution is 2.11. The third-order valence-electron chi connectivity index (χ3n) is 4.90. The van der Waals surface area contributed by atoms with Gasteiger partial charge in [-0.25, -0.2) is 9.78 Å². The molecular formula is C23H25N3O4. The fourth-order valence-corrected chi connectivity index (χ4v) is 3.16. The van der Waals surface area contributed by atoms with Crippen LogP contribution < -0.4 is 10.9 Å². The van der Waals surface area contributed by atoms with E-state index in [1.165, 1.54) is 10.5 Å². The van der Waals surface area contributed by atoms with Gasteiger partial charge in [0.25, 0.3) is 11.5 Å². The lowest BCUT2D eigenvalue weighted by Gasteiger charge is -2.21. The molecule has 3 rings (SSSR count). The number of amides is 1. The van der Waals surface area contributed by atoms with E-state index in [0.717, 1.165) is 11.1 Å². The first-order valence-corrected chi connectivity index (χ1v) is 9.79. The Balaban J connectivity index is 1.74. The monoisotopic (exact) mass is 407 g/mol. The molecule has 1 amide bonds. The van der Waals surface area contributed by atoms with Gasteiger partial charge in [-0.2, -0.15) is 0 Å². The summed E-state index contributed by atoms with van der Waals surface area (Å²) in [6.07, 6.45) is 1.64. The van der Waals surface area contributed by atoms with Gasteiger partial charge in [-0.1, -0.05) is 38.1 Å². The van der Waals surface area contributed by atoms with Crippen LogP contribution in [0.5, 0.6) is 0 Å². The summed E-state index contributed by atoms with van der Waals surface area (Å²) in [6.45, 7) is 7.20. The average molecular weight is 407 g/mol. The Morgan fingerprint density at radius 2 is 1.80 bits per heavy atom. The van der Waals surface area contributed by atoms with Gasteiger partial charge >= 0.3 is 5.97 Å². The van der Waals surface area contributed by atoms with Gasteiger partial charge in [-0.15, -0.1) is 0 Å². The van der Waals surface area contributed by atoms with E-state index < -0.39 is 12.0 Å². The second kappa shape index (κ2) is 8.90. The number of aromatic nitrogens is 2. The molecule has 0 aliphatic rings. The van der Waals surface area contributed by atoms with Crippen LogP contribution in [0.15, 0.2) is 53.5 Å². The highest BCUT2D eigenvalue weighted by molar-refractivity contribution is 5.98. The van der Waals surface area contributed by atoms with Crippen molar-refractivity contribution in [3.8, 4) is 0 Å². The van der Waals surface area contributed by atoms with Gasteiger partial charge in [0.15, 0.2) is 0 Å². The van der Waals surface area contributed by atoms with E-state index in [2.05, 4.69) is 10.3 Å². The van der Waals surface area contributed by atoms with Crippen LogP contribution in [0.1, 0.15) is 41.0 Å². The number of carbonyl (C=O) groups excluding carboxylic acids is 2. The summed E-state index contributed by atoms with van der Waals surface area (Å²) in [7, 11) is 0. The number of nitrogens with one attached hydrogen (secondary N) is 1. The number of hydrogen-bond donors (Lipinski definition) is 1. The molecular weight excluding hydrogens is 382 g/mol. The highest BCUT2D eigenvalue weighted by atomic mass is 16.5. The zero-order valence-electron chi connectivity index (χ0n) is 17.5. The van der Waals surface area contributed by atoms with Crippen molar-refractivity contribution in [3.63, 3.8) is 0 Å². The van der Waals surface area contributed by atoms with Crippen molar-refractivity contribution in [2.45, 2.75) is 40.3 Å². The predicted molar refractivity (Wildman–Crippen MR) is 113 cm³/mol. The van der Waals surface area contributed by atoms with E-state index in [4.69, 9.17) is 4.74 Å². The molecule has 0 unspecified atom stereocenters. The number of pyridine rings is 1. The van der Waals surface area contributed by atoms with E-state index in [9.17, 15) is 14.4 Å². The van der Waals surface area contributed by atoms with Crippen LogP contribution in [-0.4, -0.2) is 27.3 Å². The number of rotatable bonds is 6. The number of ether oxygens (including phenoxy) is 1. The molecule has 3 aromatic rings. The van der Waals surface area contributed by atoms with Crippen molar-refractivity contribution in [3.05, 3.63) is 81.4 Å². The summed E-state index contributed by atoms with van der Waals surface area (Å²) in [5.41, 5.74) is 2.80. The molecule has 1 N–H and O–H groups in total. The molecule has 1 aromatic carbocycles. The van der Waals surface area contributed by atoms with Crippen molar-refractivity contribution in [1.29, 1.82) is 0 Å². The lowest BCUT2D eigenvalue weighted by atomic mass is 10.0. The maximum absolute atomic E-state index is 12.7. The van der Waals surface area contributed by atoms with E-state index in [1.807, 2.05) is 45.9 Å². The normalized spacial score (nSPS) is 12.0. The minimum Gasteiger partial charge on any atom is -0.458 e. The molecule has 0 aliphatic carbocycles. The van der Waals surface area contributed by atoms with Gasteiger partial charge in [0, 0.05) is 17.8 Å². The Kier molecular flexibility index (Phi) is 6.30. The molecule has 0 spiro atoms. The molecule has 0 radical (unpaired) electrons. The van der Waals surface area contributed by atoms with Crippen LogP contribution in [0.2, 0.25) is 0 Å². The molecule has 30 heavy (non-hydrogen) atoms. The second-order valence-corrected chi connectivity index (χ2v) is 7.59. The fourth-order valence-electron chi connectivity index (χ4n) is 3.16. The third kappa shape index (κ3) is 4.56. The Hall–Kier alpha value is -3.48. The number of esters is 1. The summed E-state index contributed by atoms with van der Waals surface area (Å²) >= 11 is 0. The van der Waals surface area contributed by atoms with E-state index >= 15 is 0 Å². The Bertz CT molecular complexity index is 1150. The van der Waals surface area contributed by atoms with Crippen LogP contribution in [0.3, 0.4) is 0 Å². The molecule has 0 saturated heterocycles. The average Bonchev–Trinajstić information content (AvgIpc) is 2.71. The molecule has 7 heteroatoms. The van der Waals surface area contributed by atoms with Crippen LogP contribution in [-0.2, 0) is 16.1 Å². The van der Waals surface area contributed by atoms with Crippen molar-refractivity contribution in [2.75, 3.05) is 0 Å². The van der Waals surface area contributed by atoms with Crippen molar-refractivity contribution in [2.24, 2.45) is 5.92 Å². The topological polar surface area (TPSA) is 89.8 Å². The molecule has 156 valence electrons. The second-order valence-electron chi connectivity index (χ2n) is 7.59. The quantitative estimate of drug-likeness (QED) is 0.635. The first-order valence-electron chi connectivity index (χ1n) is 9.79. The summed E-state index contributed by atoms with van der Waals surface area (Å²) in [5, 5.41) is 2.76. The SMILES string of the molecule is Cc1ccccc1C(=O)N[C@H](C(=O)OCc1cc(=O)n2cccc(C)c2n1)C(C)C. The molecule has 2 heterocycles. The first-order chi connectivity index (χ1) is 14.3. The van der Waals surface area contributed by atoms with Crippen LogP contribution in [0, 0.1) is 19.8 Å². The van der Waals surface area contributed by atoms with Crippen molar-refractivity contribution < 1.29 is 14.3 Å². The van der Waals surface area contributed by atoms with Gasteiger partial charge in [0.05, 0.1) is 5.69 Å². The molecule has 0 saturated carbocycles. The zero-order chi connectivity index (χ0) is 21.8. The number of carbonyl (C=O) groups is 2. The Morgan fingerprint density at radius 1 is 1.10 bits per heavy atom. The highest BCUT2D eigenvalue weighted by Gasteiger charge is 2.26. The summed E-state index contributed by atoms with van der Waals surface area (Å²) in [4.78, 5) is 42.0. The summed E-state index contributed by atoms with van der Waals surface area (Å²) in [6, 6.07) is 11.3. The molecule has 0 aliphatic heterocycles. The maximum Gasteiger partial charge on any atom is 0.329 e. The van der Waals surface area contributed by atoms with Crippen LogP contribution in [0.4, 0.5) is 0 Å². The lowest BCUT2D eigenvalue weighted by molar-refractivity contribution is -0.148. The molecule has 2 aromatic heterocycles. The van der Waals surface area contributed by atoms with Crippen molar-refractivity contribution in [1.82, 2.24) is 14.7 Å². The predicted octanol–water partition coefficient (Wildman–Crippen LogP) is 2.81. The largest absolute Gasteiger partial charge is 0.458 e. The number of hydrogen-bond acceptors (Lipinski definition) is 5. The number of benzene rings is 1. The molecule has 1 atom stereocenters. The minimum absolute atomic E-state index is 0.150. The number of nitrogens with zero attached hydrogens (tertiary/aromatic N) is 2. The zero-order valence-corrected chi connectivity index (χ0v) is 17.5. The molecule has 7 nitrogen and oxygen atoms in total. The lowest BCUT2D eigenvalue weighted by Crippen LogP contribution is -2.45. The van der Waals surface area contributed by atoms with Gasteiger partial charge in [-0.3, -0.25) is 14.0 Å². The Labute approximate surface area is 174 Å². The third-order valence-corrected chi connectivity index (χ3v) is 4.90. The molecule has 0 bridgehead atoms. The molecule has 0 fully saturated rings. The number of aryl methyl sites for hydroxylation is 2. The van der Waals surface area contributed by atoms with Gasteiger partial charge in [-0.05, 0) is 43.0 Å². The standard InChI is InChI=1S/C23H25N3O4/c1-14(2)20(25-22(28)18-10-6-5-8-15(18)3)23(29)30-13-17-12-19(27)26-11-7-9-16(4)21(26)24-17/h5-12,14,20H,13H2,1-4H3,(H,25,28)/t20-/m0/s1. The van der Waals surface area contributed by atoms with Crippen LogP contribution in [0.25, 0.3) is 5.65 Å². The summed E-state index contributed by atoms with van der Waals surface area (Å²) in [5.74, 6) is -1.08.